The van der Waals surface area contributed by atoms with E-state index in [2.05, 4.69) is 0 Å². The first-order valence-electron chi connectivity index (χ1n) is 11.2. The van der Waals surface area contributed by atoms with Gasteiger partial charge in [-0.2, -0.15) is 0 Å². The van der Waals surface area contributed by atoms with Gasteiger partial charge in [-0.15, -0.1) is 0 Å². The first-order valence-corrected chi connectivity index (χ1v) is 11.2. The molecular formula is C27H26O8. The fourth-order valence-corrected chi connectivity index (χ4v) is 3.05. The smallest absolute Gasteiger partial charge is 0.343 e. The molecule has 1 atom stereocenters. The number of hydrogen-bond acceptors (Lipinski definition) is 8. The summed E-state index contributed by atoms with van der Waals surface area (Å²) in [5.74, 6) is 0.948. The van der Waals surface area contributed by atoms with Crippen LogP contribution in [0.25, 0.3) is 0 Å². The average molecular weight is 478 g/mol. The molecule has 1 aliphatic heterocycles. The summed E-state index contributed by atoms with van der Waals surface area (Å²) in [6.45, 7) is 5.56. The third-order valence-electron chi connectivity index (χ3n) is 5.09. The fourth-order valence-electron chi connectivity index (χ4n) is 3.05. The fraction of sp³-hybridized carbons (Fsp3) is 0.259. The van der Waals surface area contributed by atoms with Gasteiger partial charge in [0.15, 0.2) is 6.79 Å². The number of epoxide rings is 1. The Hall–Kier alpha value is -3.88. The second-order valence-electron chi connectivity index (χ2n) is 7.78. The molecule has 0 bridgehead atoms. The number of carbonyl (C=O) groups is 2. The summed E-state index contributed by atoms with van der Waals surface area (Å²) in [4.78, 5) is 25.0. The number of esters is 2. The number of benzene rings is 3. The normalized spacial score (nSPS) is 14.2. The Labute approximate surface area is 203 Å². The van der Waals surface area contributed by atoms with E-state index in [4.69, 9.17) is 28.4 Å². The van der Waals surface area contributed by atoms with E-state index < -0.39 is 11.9 Å². The molecule has 182 valence electrons. The molecule has 3 aromatic rings. The second kappa shape index (κ2) is 11.5. The topological polar surface area (TPSA) is 92.8 Å². The molecule has 4 rings (SSSR count). The van der Waals surface area contributed by atoms with Crippen molar-refractivity contribution in [2.75, 3.05) is 26.6 Å². The van der Waals surface area contributed by atoms with Crippen LogP contribution in [0.3, 0.4) is 0 Å². The molecule has 8 nitrogen and oxygen atoms in total. The van der Waals surface area contributed by atoms with E-state index in [0.717, 1.165) is 6.61 Å². The summed E-state index contributed by atoms with van der Waals surface area (Å²) in [5, 5.41) is 0. The zero-order valence-electron chi connectivity index (χ0n) is 19.5. The summed E-state index contributed by atoms with van der Waals surface area (Å²) < 4.78 is 32.2. The van der Waals surface area contributed by atoms with Crippen molar-refractivity contribution in [3.63, 3.8) is 0 Å². The standard InChI is InChI=1S/C27H26O8/c1-3-30-17-33-22-10-6-19(7-11-22)26(28)34-23-12-13-25(18(2)14-23)35-27(29)20-4-8-21(9-5-20)31-15-24-16-32-24/h4-14,24H,3,15-17H2,1-2H3. The summed E-state index contributed by atoms with van der Waals surface area (Å²) in [5.41, 5.74) is 1.41. The van der Waals surface area contributed by atoms with E-state index >= 15 is 0 Å². The van der Waals surface area contributed by atoms with Gasteiger partial charge in [-0.05, 0) is 86.1 Å². The van der Waals surface area contributed by atoms with Crippen LogP contribution in [-0.4, -0.2) is 44.7 Å². The summed E-state index contributed by atoms with van der Waals surface area (Å²) >= 11 is 0. The van der Waals surface area contributed by atoms with E-state index in [0.29, 0.717) is 52.9 Å². The Balaban J connectivity index is 1.31. The number of rotatable bonds is 11. The molecule has 0 spiro atoms. The van der Waals surface area contributed by atoms with Gasteiger partial charge in [0.1, 0.15) is 35.7 Å². The van der Waals surface area contributed by atoms with E-state index in [1.165, 1.54) is 0 Å². The van der Waals surface area contributed by atoms with Crippen molar-refractivity contribution in [1.29, 1.82) is 0 Å². The molecule has 8 heteroatoms. The zero-order chi connectivity index (χ0) is 24.6. The Morgan fingerprint density at radius 2 is 1.40 bits per heavy atom. The highest BCUT2D eigenvalue weighted by Crippen LogP contribution is 2.26. The molecule has 0 amide bonds. The average Bonchev–Trinajstić information content (AvgIpc) is 3.70. The molecule has 1 unspecified atom stereocenters. The predicted molar refractivity (Wildman–Crippen MR) is 126 cm³/mol. The Bertz CT molecular complexity index is 1150. The van der Waals surface area contributed by atoms with Crippen molar-refractivity contribution < 1.29 is 38.0 Å². The maximum Gasteiger partial charge on any atom is 0.343 e. The van der Waals surface area contributed by atoms with Crippen LogP contribution < -0.4 is 18.9 Å². The lowest BCUT2D eigenvalue weighted by molar-refractivity contribution is 0.0224. The van der Waals surface area contributed by atoms with Gasteiger partial charge in [-0.3, -0.25) is 0 Å². The van der Waals surface area contributed by atoms with Crippen molar-refractivity contribution in [2.24, 2.45) is 0 Å². The maximum absolute atomic E-state index is 12.5. The van der Waals surface area contributed by atoms with Crippen LogP contribution in [0.5, 0.6) is 23.0 Å². The third kappa shape index (κ3) is 7.05. The number of hydrogen-bond donors (Lipinski definition) is 0. The summed E-state index contributed by atoms with van der Waals surface area (Å²) in [7, 11) is 0. The molecule has 1 saturated heterocycles. The molecule has 0 aliphatic carbocycles. The lowest BCUT2D eigenvalue weighted by Gasteiger charge is -2.11. The molecule has 0 N–H and O–H groups in total. The molecule has 3 aromatic carbocycles. The van der Waals surface area contributed by atoms with E-state index in [-0.39, 0.29) is 12.9 Å². The lowest BCUT2D eigenvalue weighted by Crippen LogP contribution is -2.11. The van der Waals surface area contributed by atoms with Gasteiger partial charge in [0.25, 0.3) is 0 Å². The van der Waals surface area contributed by atoms with E-state index in [1.807, 2.05) is 6.92 Å². The first-order chi connectivity index (χ1) is 17.0. The monoisotopic (exact) mass is 478 g/mol. The Morgan fingerprint density at radius 3 is 1.97 bits per heavy atom. The number of ether oxygens (including phenoxy) is 6. The maximum atomic E-state index is 12.5. The van der Waals surface area contributed by atoms with Gasteiger partial charge in [0, 0.05) is 6.61 Å². The van der Waals surface area contributed by atoms with Crippen molar-refractivity contribution in [3.05, 3.63) is 83.4 Å². The molecule has 1 heterocycles. The molecule has 0 radical (unpaired) electrons. The minimum absolute atomic E-state index is 0.145. The molecule has 1 fully saturated rings. The lowest BCUT2D eigenvalue weighted by atomic mass is 10.2. The van der Waals surface area contributed by atoms with Crippen LogP contribution in [0.2, 0.25) is 0 Å². The molecule has 1 aliphatic rings. The van der Waals surface area contributed by atoms with Crippen LogP contribution in [0.1, 0.15) is 33.2 Å². The van der Waals surface area contributed by atoms with Crippen LogP contribution >= 0.6 is 0 Å². The minimum atomic E-state index is -0.513. The van der Waals surface area contributed by atoms with E-state index in [1.54, 1.807) is 73.7 Å². The first kappa shape index (κ1) is 24.3. The molecule has 0 saturated carbocycles. The predicted octanol–water partition coefficient (Wildman–Crippen LogP) is 4.58. The third-order valence-corrected chi connectivity index (χ3v) is 5.09. The highest BCUT2D eigenvalue weighted by molar-refractivity contribution is 5.92. The summed E-state index contributed by atoms with van der Waals surface area (Å²) in [6.07, 6.45) is 0.163. The van der Waals surface area contributed by atoms with Gasteiger partial charge >= 0.3 is 11.9 Å². The van der Waals surface area contributed by atoms with Crippen molar-refractivity contribution in [1.82, 2.24) is 0 Å². The van der Waals surface area contributed by atoms with Gasteiger partial charge in [0.05, 0.1) is 17.7 Å². The molecule has 0 aromatic heterocycles. The Kier molecular flexibility index (Phi) is 7.97. The summed E-state index contributed by atoms with van der Waals surface area (Å²) in [6, 6.07) is 18.1. The highest BCUT2D eigenvalue weighted by atomic mass is 16.7. The van der Waals surface area contributed by atoms with Gasteiger partial charge in [-0.25, -0.2) is 9.59 Å². The largest absolute Gasteiger partial charge is 0.491 e. The van der Waals surface area contributed by atoms with Crippen LogP contribution in [0.4, 0.5) is 0 Å². The minimum Gasteiger partial charge on any atom is -0.491 e. The number of aryl methyl sites for hydroxylation is 1. The van der Waals surface area contributed by atoms with Crippen LogP contribution in [-0.2, 0) is 9.47 Å². The number of carbonyl (C=O) groups excluding carboxylic acids is 2. The molecule has 35 heavy (non-hydrogen) atoms. The second-order valence-corrected chi connectivity index (χ2v) is 7.78. The molecular weight excluding hydrogens is 452 g/mol. The Morgan fingerprint density at radius 1 is 0.829 bits per heavy atom. The van der Waals surface area contributed by atoms with E-state index in [9.17, 15) is 9.59 Å². The quantitative estimate of drug-likeness (QED) is 0.130. The SMILES string of the molecule is CCOCOc1ccc(C(=O)Oc2ccc(OC(=O)c3ccc(OCC4CO4)cc3)c(C)c2)cc1. The zero-order valence-corrected chi connectivity index (χ0v) is 19.5. The van der Waals surface area contributed by atoms with Crippen LogP contribution in [0.15, 0.2) is 66.7 Å². The highest BCUT2D eigenvalue weighted by Gasteiger charge is 2.23. The van der Waals surface area contributed by atoms with Gasteiger partial charge in [-0.1, -0.05) is 0 Å². The van der Waals surface area contributed by atoms with Crippen molar-refractivity contribution in [2.45, 2.75) is 20.0 Å². The van der Waals surface area contributed by atoms with Crippen molar-refractivity contribution >= 4 is 11.9 Å². The van der Waals surface area contributed by atoms with Gasteiger partial charge in [0.2, 0.25) is 0 Å². The van der Waals surface area contributed by atoms with Gasteiger partial charge < -0.3 is 28.4 Å². The van der Waals surface area contributed by atoms with Crippen molar-refractivity contribution in [3.8, 4) is 23.0 Å². The van der Waals surface area contributed by atoms with Crippen LogP contribution in [0, 0.1) is 6.92 Å².